The fourth-order valence-electron chi connectivity index (χ4n) is 2.50. The molecule has 7 heteroatoms. The van der Waals surface area contributed by atoms with E-state index < -0.39 is 15.9 Å². The van der Waals surface area contributed by atoms with E-state index in [0.717, 1.165) is 11.4 Å². The Bertz CT molecular complexity index is 739. The third kappa shape index (κ3) is 4.87. The van der Waals surface area contributed by atoms with Crippen LogP contribution in [0.1, 0.15) is 37.0 Å². The summed E-state index contributed by atoms with van der Waals surface area (Å²) >= 11 is 0. The van der Waals surface area contributed by atoms with Crippen molar-refractivity contribution in [1.29, 1.82) is 0 Å². The maximum absolute atomic E-state index is 12.3. The van der Waals surface area contributed by atoms with Gasteiger partial charge in [0.2, 0.25) is 0 Å². The van der Waals surface area contributed by atoms with E-state index in [9.17, 15) is 13.5 Å². The van der Waals surface area contributed by atoms with Gasteiger partial charge in [-0.2, -0.15) is 0 Å². The van der Waals surface area contributed by atoms with Gasteiger partial charge in [-0.3, -0.25) is 0 Å². The van der Waals surface area contributed by atoms with E-state index in [1.165, 1.54) is 0 Å². The molecule has 126 valence electrons. The SMILES string of the molecule is CC(C)c1nnc(CS(=O)(=O)CC(O)Cc2ccccc2)n1C. The van der Waals surface area contributed by atoms with Crippen LogP contribution in [-0.2, 0) is 29.1 Å². The highest BCUT2D eigenvalue weighted by Crippen LogP contribution is 2.14. The van der Waals surface area contributed by atoms with Crippen LogP contribution >= 0.6 is 0 Å². The molecule has 1 atom stereocenters. The number of sulfone groups is 1. The number of aromatic nitrogens is 3. The van der Waals surface area contributed by atoms with E-state index in [-0.39, 0.29) is 17.4 Å². The molecule has 0 spiro atoms. The van der Waals surface area contributed by atoms with Crippen molar-refractivity contribution in [3.8, 4) is 0 Å². The number of hydrogen-bond acceptors (Lipinski definition) is 5. The Labute approximate surface area is 137 Å². The zero-order valence-electron chi connectivity index (χ0n) is 13.7. The number of aliphatic hydroxyl groups is 1. The molecule has 6 nitrogen and oxygen atoms in total. The van der Waals surface area contributed by atoms with Crippen molar-refractivity contribution in [2.45, 2.75) is 38.0 Å². The monoisotopic (exact) mass is 337 g/mol. The van der Waals surface area contributed by atoms with Crippen LogP contribution in [0, 0.1) is 0 Å². The maximum atomic E-state index is 12.3. The first kappa shape index (κ1) is 17.6. The van der Waals surface area contributed by atoms with Crippen molar-refractivity contribution < 1.29 is 13.5 Å². The van der Waals surface area contributed by atoms with E-state index in [0.29, 0.717) is 12.2 Å². The molecule has 0 fully saturated rings. The Kier molecular flexibility index (Phi) is 5.54. The molecule has 2 aromatic rings. The molecule has 0 aliphatic heterocycles. The normalized spacial score (nSPS) is 13.4. The summed E-state index contributed by atoms with van der Waals surface area (Å²) in [4.78, 5) is 0. The molecule has 2 rings (SSSR count). The number of benzene rings is 1. The van der Waals surface area contributed by atoms with E-state index in [1.807, 2.05) is 44.2 Å². The summed E-state index contributed by atoms with van der Waals surface area (Å²) in [5, 5.41) is 18.1. The topological polar surface area (TPSA) is 85.1 Å². The average molecular weight is 337 g/mol. The second-order valence-electron chi connectivity index (χ2n) is 6.09. The Morgan fingerprint density at radius 1 is 1.17 bits per heavy atom. The molecule has 23 heavy (non-hydrogen) atoms. The molecule has 0 aliphatic carbocycles. The minimum Gasteiger partial charge on any atom is -0.392 e. The van der Waals surface area contributed by atoms with Gasteiger partial charge in [0.05, 0.1) is 11.9 Å². The Morgan fingerprint density at radius 3 is 2.39 bits per heavy atom. The second kappa shape index (κ2) is 7.23. The summed E-state index contributed by atoms with van der Waals surface area (Å²) in [5.74, 6) is 0.828. The van der Waals surface area contributed by atoms with E-state index >= 15 is 0 Å². The summed E-state index contributed by atoms with van der Waals surface area (Å²) in [7, 11) is -1.70. The first-order valence-corrected chi connectivity index (χ1v) is 9.41. The Balaban J connectivity index is 2.02. The minimum absolute atomic E-state index is 0.174. The molecule has 1 N–H and O–H groups in total. The Hall–Kier alpha value is -1.73. The van der Waals surface area contributed by atoms with Gasteiger partial charge in [-0.05, 0) is 12.0 Å². The zero-order valence-corrected chi connectivity index (χ0v) is 14.5. The van der Waals surface area contributed by atoms with E-state index in [2.05, 4.69) is 10.2 Å². The molecule has 1 heterocycles. The van der Waals surface area contributed by atoms with Gasteiger partial charge in [0.15, 0.2) is 9.84 Å². The summed E-state index contributed by atoms with van der Waals surface area (Å²) < 4.78 is 26.3. The third-order valence-electron chi connectivity index (χ3n) is 3.62. The number of nitrogens with zero attached hydrogens (tertiary/aromatic N) is 3. The highest BCUT2D eigenvalue weighted by atomic mass is 32.2. The molecule has 0 bridgehead atoms. The fraction of sp³-hybridized carbons (Fsp3) is 0.500. The lowest BCUT2D eigenvalue weighted by Gasteiger charge is -2.11. The van der Waals surface area contributed by atoms with Crippen molar-refractivity contribution in [3.05, 3.63) is 47.5 Å². The smallest absolute Gasteiger partial charge is 0.160 e. The molecular formula is C16H23N3O3S. The van der Waals surface area contributed by atoms with Crippen LogP contribution in [-0.4, -0.2) is 40.1 Å². The second-order valence-corrected chi connectivity index (χ2v) is 8.20. The minimum atomic E-state index is -3.46. The zero-order chi connectivity index (χ0) is 17.0. The van der Waals surface area contributed by atoms with Crippen LogP contribution in [0.15, 0.2) is 30.3 Å². The summed E-state index contributed by atoms with van der Waals surface area (Å²) in [6.07, 6.45) is -0.615. The standard InChI is InChI=1S/C16H23N3O3S/c1-12(2)16-18-17-15(19(16)3)11-23(21,22)10-14(20)9-13-7-5-4-6-8-13/h4-8,12,14,20H,9-11H2,1-3H3. The molecule has 1 aromatic carbocycles. The van der Waals surface area contributed by atoms with Gasteiger partial charge in [0.25, 0.3) is 0 Å². The molecule has 0 saturated carbocycles. The predicted molar refractivity (Wildman–Crippen MR) is 88.7 cm³/mol. The molecule has 0 aliphatic rings. The van der Waals surface area contributed by atoms with Crippen molar-refractivity contribution in [2.24, 2.45) is 7.05 Å². The Morgan fingerprint density at radius 2 is 1.83 bits per heavy atom. The quantitative estimate of drug-likeness (QED) is 0.827. The lowest BCUT2D eigenvalue weighted by molar-refractivity contribution is 0.198. The van der Waals surface area contributed by atoms with Crippen molar-refractivity contribution >= 4 is 9.84 Å². The molecule has 0 radical (unpaired) electrons. The first-order valence-electron chi connectivity index (χ1n) is 7.59. The molecule has 1 unspecified atom stereocenters. The maximum Gasteiger partial charge on any atom is 0.160 e. The molecular weight excluding hydrogens is 314 g/mol. The van der Waals surface area contributed by atoms with E-state index in [1.54, 1.807) is 11.6 Å². The van der Waals surface area contributed by atoms with Crippen LogP contribution in [0.25, 0.3) is 0 Å². The number of hydrogen-bond donors (Lipinski definition) is 1. The summed E-state index contributed by atoms with van der Waals surface area (Å²) in [6, 6.07) is 9.35. The molecule has 1 aromatic heterocycles. The van der Waals surface area contributed by atoms with Crippen LogP contribution in [0.5, 0.6) is 0 Å². The summed E-state index contributed by atoms with van der Waals surface area (Å²) in [6.45, 7) is 3.96. The molecule has 0 amide bonds. The highest BCUT2D eigenvalue weighted by molar-refractivity contribution is 7.90. The number of rotatable bonds is 7. The largest absolute Gasteiger partial charge is 0.392 e. The van der Waals surface area contributed by atoms with Gasteiger partial charge >= 0.3 is 0 Å². The van der Waals surface area contributed by atoms with Gasteiger partial charge in [-0.15, -0.1) is 10.2 Å². The number of aliphatic hydroxyl groups excluding tert-OH is 1. The van der Waals surface area contributed by atoms with Gasteiger partial charge in [-0.1, -0.05) is 44.2 Å². The van der Waals surface area contributed by atoms with E-state index in [4.69, 9.17) is 0 Å². The van der Waals surface area contributed by atoms with Crippen molar-refractivity contribution in [3.63, 3.8) is 0 Å². The molecule has 0 saturated heterocycles. The van der Waals surface area contributed by atoms with Crippen LogP contribution in [0.2, 0.25) is 0 Å². The average Bonchev–Trinajstić information content (AvgIpc) is 2.80. The van der Waals surface area contributed by atoms with Gasteiger partial charge in [0.1, 0.15) is 17.4 Å². The van der Waals surface area contributed by atoms with Crippen molar-refractivity contribution in [1.82, 2.24) is 14.8 Å². The van der Waals surface area contributed by atoms with Gasteiger partial charge in [0, 0.05) is 13.0 Å². The fourth-order valence-corrected chi connectivity index (χ4v) is 3.96. The lowest BCUT2D eigenvalue weighted by atomic mass is 10.1. The highest BCUT2D eigenvalue weighted by Gasteiger charge is 2.22. The van der Waals surface area contributed by atoms with Gasteiger partial charge in [-0.25, -0.2) is 8.42 Å². The van der Waals surface area contributed by atoms with Crippen LogP contribution in [0.3, 0.4) is 0 Å². The third-order valence-corrected chi connectivity index (χ3v) is 5.22. The predicted octanol–water partition coefficient (Wildman–Crippen LogP) is 1.46. The lowest BCUT2D eigenvalue weighted by Crippen LogP contribution is -2.25. The van der Waals surface area contributed by atoms with Crippen molar-refractivity contribution in [2.75, 3.05) is 5.75 Å². The first-order chi connectivity index (χ1) is 10.8. The van der Waals surface area contributed by atoms with Gasteiger partial charge < -0.3 is 9.67 Å². The summed E-state index contributed by atoms with van der Waals surface area (Å²) in [5.41, 5.74) is 0.913. The van der Waals surface area contributed by atoms with Crippen LogP contribution in [0.4, 0.5) is 0 Å². The van der Waals surface area contributed by atoms with Crippen LogP contribution < -0.4 is 0 Å².